The van der Waals surface area contributed by atoms with E-state index in [2.05, 4.69) is 34.1 Å². The smallest absolute Gasteiger partial charge is 0.223 e. The number of aryl methyl sites for hydroxylation is 1. The Balaban J connectivity index is 1.46. The van der Waals surface area contributed by atoms with E-state index >= 15 is 0 Å². The number of carbonyl (C=O) groups is 1. The number of nitrogens with zero attached hydrogens (tertiary/aromatic N) is 4. The van der Waals surface area contributed by atoms with E-state index in [4.69, 9.17) is 0 Å². The van der Waals surface area contributed by atoms with Crippen LogP contribution in [-0.2, 0) is 11.2 Å². The summed E-state index contributed by atoms with van der Waals surface area (Å²) in [6.07, 6.45) is 3.11. The summed E-state index contributed by atoms with van der Waals surface area (Å²) in [5.74, 6) is 1.68. The molecule has 0 radical (unpaired) electrons. The SMILES string of the molecule is CC(C)c1csc(CCC(=O)N2CCN(c3ccccn3)CC2)n1. The monoisotopic (exact) mass is 344 g/mol. The summed E-state index contributed by atoms with van der Waals surface area (Å²) < 4.78 is 0. The highest BCUT2D eigenvalue weighted by atomic mass is 32.1. The van der Waals surface area contributed by atoms with Crippen LogP contribution < -0.4 is 4.90 Å². The molecule has 0 spiro atoms. The fraction of sp³-hybridized carbons (Fsp3) is 0.500. The van der Waals surface area contributed by atoms with E-state index < -0.39 is 0 Å². The number of pyridine rings is 1. The Morgan fingerprint density at radius 3 is 2.67 bits per heavy atom. The van der Waals surface area contributed by atoms with Gasteiger partial charge in [-0.2, -0.15) is 0 Å². The van der Waals surface area contributed by atoms with Crippen molar-refractivity contribution in [2.24, 2.45) is 0 Å². The minimum absolute atomic E-state index is 0.233. The van der Waals surface area contributed by atoms with Crippen LogP contribution in [0.2, 0.25) is 0 Å². The number of hydrogen-bond acceptors (Lipinski definition) is 5. The summed E-state index contributed by atoms with van der Waals surface area (Å²) in [6.45, 7) is 7.51. The average molecular weight is 344 g/mol. The number of aromatic nitrogens is 2. The molecule has 3 heterocycles. The Labute approximate surface area is 147 Å². The molecule has 0 N–H and O–H groups in total. The van der Waals surface area contributed by atoms with Gasteiger partial charge in [-0.15, -0.1) is 11.3 Å². The maximum Gasteiger partial charge on any atom is 0.223 e. The zero-order chi connectivity index (χ0) is 16.9. The van der Waals surface area contributed by atoms with Gasteiger partial charge in [-0.1, -0.05) is 19.9 Å². The van der Waals surface area contributed by atoms with Crippen LogP contribution >= 0.6 is 11.3 Å². The van der Waals surface area contributed by atoms with Gasteiger partial charge < -0.3 is 9.80 Å². The third-order valence-electron chi connectivity index (χ3n) is 4.32. The molecule has 5 nitrogen and oxygen atoms in total. The number of rotatable bonds is 5. The Kier molecular flexibility index (Phi) is 5.45. The van der Waals surface area contributed by atoms with E-state index in [0.717, 1.165) is 49.1 Å². The second-order valence-corrected chi connectivity index (χ2v) is 7.32. The molecular formula is C18H24N4OS. The Morgan fingerprint density at radius 2 is 2.04 bits per heavy atom. The standard InChI is InChI=1S/C18H24N4OS/c1-14(2)15-13-24-17(20-15)6-7-18(23)22-11-9-21(10-12-22)16-5-3-4-8-19-16/h3-5,8,13-14H,6-7,9-12H2,1-2H3. The molecule has 0 saturated carbocycles. The van der Waals surface area contributed by atoms with Gasteiger partial charge in [-0.25, -0.2) is 9.97 Å². The molecule has 1 aliphatic heterocycles. The molecule has 2 aromatic heterocycles. The molecule has 0 aromatic carbocycles. The van der Waals surface area contributed by atoms with Crippen molar-refractivity contribution in [3.63, 3.8) is 0 Å². The third kappa shape index (κ3) is 4.12. The fourth-order valence-corrected chi connectivity index (χ4v) is 3.76. The van der Waals surface area contributed by atoms with Crippen molar-refractivity contribution < 1.29 is 4.79 Å². The number of carbonyl (C=O) groups excluding carboxylic acids is 1. The van der Waals surface area contributed by atoms with Crippen molar-refractivity contribution in [2.45, 2.75) is 32.6 Å². The van der Waals surface area contributed by atoms with E-state index in [1.165, 1.54) is 0 Å². The molecule has 1 amide bonds. The van der Waals surface area contributed by atoms with Gasteiger partial charge in [0.2, 0.25) is 5.91 Å². The number of piperazine rings is 1. The lowest BCUT2D eigenvalue weighted by Gasteiger charge is -2.35. The highest BCUT2D eigenvalue weighted by Gasteiger charge is 2.21. The van der Waals surface area contributed by atoms with Crippen molar-refractivity contribution in [3.05, 3.63) is 40.5 Å². The zero-order valence-corrected chi connectivity index (χ0v) is 15.1. The minimum Gasteiger partial charge on any atom is -0.353 e. The van der Waals surface area contributed by atoms with Gasteiger partial charge in [-0.05, 0) is 18.1 Å². The molecular weight excluding hydrogens is 320 g/mol. The Hall–Kier alpha value is -1.95. The molecule has 128 valence electrons. The van der Waals surface area contributed by atoms with E-state index in [1.807, 2.05) is 29.3 Å². The Morgan fingerprint density at radius 1 is 1.25 bits per heavy atom. The molecule has 1 fully saturated rings. The van der Waals surface area contributed by atoms with Crippen molar-refractivity contribution in [2.75, 3.05) is 31.1 Å². The highest BCUT2D eigenvalue weighted by Crippen LogP contribution is 2.19. The summed E-state index contributed by atoms with van der Waals surface area (Å²) in [4.78, 5) is 25.6. The highest BCUT2D eigenvalue weighted by molar-refractivity contribution is 7.09. The molecule has 24 heavy (non-hydrogen) atoms. The van der Waals surface area contributed by atoms with Crippen molar-refractivity contribution >= 4 is 23.1 Å². The number of thiazole rings is 1. The number of amides is 1. The quantitative estimate of drug-likeness (QED) is 0.837. The van der Waals surface area contributed by atoms with Gasteiger partial charge in [0.05, 0.1) is 10.7 Å². The first-order chi connectivity index (χ1) is 11.6. The topological polar surface area (TPSA) is 49.3 Å². The summed E-state index contributed by atoms with van der Waals surface area (Å²) in [5, 5.41) is 3.18. The fourth-order valence-electron chi connectivity index (χ4n) is 2.80. The summed E-state index contributed by atoms with van der Waals surface area (Å²) in [5.41, 5.74) is 1.13. The molecule has 6 heteroatoms. The van der Waals surface area contributed by atoms with Gasteiger partial charge in [0, 0.05) is 50.6 Å². The molecule has 2 aromatic rings. The van der Waals surface area contributed by atoms with E-state index in [0.29, 0.717) is 12.3 Å². The lowest BCUT2D eigenvalue weighted by Crippen LogP contribution is -2.49. The van der Waals surface area contributed by atoms with Crippen LogP contribution in [-0.4, -0.2) is 47.0 Å². The summed E-state index contributed by atoms with van der Waals surface area (Å²) in [7, 11) is 0. The van der Waals surface area contributed by atoms with Crippen LogP contribution in [0.4, 0.5) is 5.82 Å². The second-order valence-electron chi connectivity index (χ2n) is 6.38. The van der Waals surface area contributed by atoms with Gasteiger partial charge in [0.25, 0.3) is 0 Å². The van der Waals surface area contributed by atoms with Crippen LogP contribution in [0.5, 0.6) is 0 Å². The first-order valence-electron chi connectivity index (χ1n) is 8.51. The molecule has 3 rings (SSSR count). The summed E-state index contributed by atoms with van der Waals surface area (Å²) in [6, 6.07) is 5.94. The third-order valence-corrected chi connectivity index (χ3v) is 5.25. The predicted molar refractivity (Wildman–Crippen MR) is 97.6 cm³/mol. The van der Waals surface area contributed by atoms with Gasteiger partial charge in [-0.3, -0.25) is 4.79 Å². The normalized spacial score (nSPS) is 15.1. The van der Waals surface area contributed by atoms with E-state index in [-0.39, 0.29) is 5.91 Å². The maximum absolute atomic E-state index is 12.4. The lowest BCUT2D eigenvalue weighted by atomic mass is 10.2. The van der Waals surface area contributed by atoms with Crippen molar-refractivity contribution in [3.8, 4) is 0 Å². The molecule has 0 aliphatic carbocycles. The average Bonchev–Trinajstić information content (AvgIpc) is 3.10. The molecule has 1 saturated heterocycles. The van der Waals surface area contributed by atoms with Crippen molar-refractivity contribution in [1.29, 1.82) is 0 Å². The van der Waals surface area contributed by atoms with E-state index in [9.17, 15) is 4.79 Å². The molecule has 1 aliphatic rings. The van der Waals surface area contributed by atoms with Crippen LogP contribution in [0.3, 0.4) is 0 Å². The number of hydrogen-bond donors (Lipinski definition) is 0. The first kappa shape index (κ1) is 16.9. The van der Waals surface area contributed by atoms with Crippen LogP contribution in [0.1, 0.15) is 36.9 Å². The van der Waals surface area contributed by atoms with Crippen LogP contribution in [0.15, 0.2) is 29.8 Å². The zero-order valence-electron chi connectivity index (χ0n) is 14.3. The van der Waals surface area contributed by atoms with Gasteiger partial charge in [0.15, 0.2) is 0 Å². The number of anilines is 1. The first-order valence-corrected chi connectivity index (χ1v) is 9.39. The Bertz CT molecular complexity index is 663. The lowest BCUT2D eigenvalue weighted by molar-refractivity contribution is -0.131. The van der Waals surface area contributed by atoms with Gasteiger partial charge >= 0.3 is 0 Å². The second kappa shape index (κ2) is 7.75. The minimum atomic E-state index is 0.233. The molecule has 0 atom stereocenters. The maximum atomic E-state index is 12.4. The molecule has 0 unspecified atom stereocenters. The largest absolute Gasteiger partial charge is 0.353 e. The van der Waals surface area contributed by atoms with Crippen LogP contribution in [0.25, 0.3) is 0 Å². The van der Waals surface area contributed by atoms with Crippen molar-refractivity contribution in [1.82, 2.24) is 14.9 Å². The van der Waals surface area contributed by atoms with Gasteiger partial charge in [0.1, 0.15) is 5.82 Å². The summed E-state index contributed by atoms with van der Waals surface area (Å²) >= 11 is 1.67. The predicted octanol–water partition coefficient (Wildman–Crippen LogP) is 2.94. The van der Waals surface area contributed by atoms with Crippen LogP contribution in [0, 0.1) is 0 Å². The van der Waals surface area contributed by atoms with E-state index in [1.54, 1.807) is 11.3 Å². The molecule has 0 bridgehead atoms.